The van der Waals surface area contributed by atoms with E-state index in [1.807, 2.05) is 6.92 Å². The molecule has 8 heteroatoms. The number of imidazole rings is 1. The van der Waals surface area contributed by atoms with Crippen molar-refractivity contribution in [3.05, 3.63) is 30.1 Å². The van der Waals surface area contributed by atoms with Gasteiger partial charge in [0, 0.05) is 25.5 Å². The molecule has 0 saturated carbocycles. The van der Waals surface area contributed by atoms with Gasteiger partial charge >= 0.3 is 0 Å². The van der Waals surface area contributed by atoms with Crippen LogP contribution in [0.2, 0.25) is 0 Å². The molecule has 0 spiro atoms. The topological polar surface area (TPSA) is 101 Å². The van der Waals surface area contributed by atoms with Crippen molar-refractivity contribution >= 4 is 5.91 Å². The minimum absolute atomic E-state index is 0.145. The number of nitrogens with one attached hydrogen (secondary N) is 3. The number of nitrogens with zero attached hydrogens (tertiary/aromatic N) is 4. The molecule has 0 aromatic carbocycles. The van der Waals surface area contributed by atoms with Crippen LogP contribution in [0.5, 0.6) is 0 Å². The van der Waals surface area contributed by atoms with Gasteiger partial charge in [-0.2, -0.15) is 0 Å². The van der Waals surface area contributed by atoms with Crippen LogP contribution < -0.4 is 10.6 Å². The van der Waals surface area contributed by atoms with Crippen LogP contribution in [0, 0.1) is 0 Å². The van der Waals surface area contributed by atoms with Gasteiger partial charge in [0.25, 0.3) is 5.91 Å². The second kappa shape index (κ2) is 5.41. The Morgan fingerprint density at radius 1 is 1.60 bits per heavy atom. The van der Waals surface area contributed by atoms with Gasteiger partial charge in [-0.05, 0) is 6.42 Å². The van der Waals surface area contributed by atoms with E-state index in [9.17, 15) is 4.79 Å². The van der Waals surface area contributed by atoms with Crippen molar-refractivity contribution in [3.8, 4) is 0 Å². The SMILES string of the molecule is CCC(NC(=O)c1cn(C2CNC2)nn1)c1ncc[nH]1. The lowest BCUT2D eigenvalue weighted by Crippen LogP contribution is -2.43. The minimum Gasteiger partial charge on any atom is -0.347 e. The fourth-order valence-electron chi connectivity index (χ4n) is 2.08. The summed E-state index contributed by atoms with van der Waals surface area (Å²) in [7, 11) is 0. The molecule has 2 aromatic heterocycles. The lowest BCUT2D eigenvalue weighted by Gasteiger charge is -2.26. The van der Waals surface area contributed by atoms with E-state index in [4.69, 9.17) is 0 Å². The Morgan fingerprint density at radius 2 is 2.45 bits per heavy atom. The van der Waals surface area contributed by atoms with Crippen molar-refractivity contribution in [1.29, 1.82) is 0 Å². The average Bonchev–Trinajstić information content (AvgIpc) is 3.04. The van der Waals surface area contributed by atoms with Crippen LogP contribution in [0.15, 0.2) is 18.6 Å². The zero-order valence-corrected chi connectivity index (χ0v) is 11.2. The van der Waals surface area contributed by atoms with Crippen molar-refractivity contribution in [2.45, 2.75) is 25.4 Å². The highest BCUT2D eigenvalue weighted by Crippen LogP contribution is 2.13. The van der Waals surface area contributed by atoms with Crippen LogP contribution in [-0.4, -0.2) is 44.0 Å². The molecule has 106 valence electrons. The van der Waals surface area contributed by atoms with Crippen LogP contribution in [0.1, 0.15) is 41.7 Å². The van der Waals surface area contributed by atoms with Gasteiger partial charge in [-0.3, -0.25) is 4.79 Å². The molecular formula is C12H17N7O. The van der Waals surface area contributed by atoms with E-state index in [-0.39, 0.29) is 11.9 Å². The molecule has 0 radical (unpaired) electrons. The minimum atomic E-state index is -0.230. The smallest absolute Gasteiger partial charge is 0.274 e. The second-order valence-corrected chi connectivity index (χ2v) is 4.80. The number of aromatic nitrogens is 5. The Morgan fingerprint density at radius 3 is 3.05 bits per heavy atom. The van der Waals surface area contributed by atoms with Gasteiger partial charge in [-0.25, -0.2) is 9.67 Å². The fraction of sp³-hybridized carbons (Fsp3) is 0.500. The number of carbonyl (C=O) groups excluding carboxylic acids is 1. The van der Waals surface area contributed by atoms with Gasteiger partial charge < -0.3 is 15.6 Å². The third-order valence-electron chi connectivity index (χ3n) is 3.44. The molecule has 1 amide bonds. The molecule has 3 rings (SSSR count). The van der Waals surface area contributed by atoms with Crippen molar-refractivity contribution in [1.82, 2.24) is 35.6 Å². The van der Waals surface area contributed by atoms with Crippen molar-refractivity contribution in [2.24, 2.45) is 0 Å². The van der Waals surface area contributed by atoms with Crippen LogP contribution in [0.25, 0.3) is 0 Å². The number of carbonyl (C=O) groups is 1. The number of hydrogen-bond acceptors (Lipinski definition) is 5. The van der Waals surface area contributed by atoms with Crippen molar-refractivity contribution < 1.29 is 4.79 Å². The summed E-state index contributed by atoms with van der Waals surface area (Å²) in [5.74, 6) is 0.517. The standard InChI is InChI=1S/C12H17N7O/c1-2-9(11-14-3-4-15-11)16-12(20)10-7-19(18-17-10)8-5-13-6-8/h3-4,7-9,13H,2,5-6H2,1H3,(H,14,15)(H,16,20). The fourth-order valence-corrected chi connectivity index (χ4v) is 2.08. The summed E-state index contributed by atoms with van der Waals surface area (Å²) in [4.78, 5) is 19.3. The largest absolute Gasteiger partial charge is 0.347 e. The molecule has 20 heavy (non-hydrogen) atoms. The van der Waals surface area contributed by atoms with E-state index in [1.165, 1.54) is 0 Å². The molecule has 1 saturated heterocycles. The van der Waals surface area contributed by atoms with E-state index < -0.39 is 0 Å². The maximum atomic E-state index is 12.2. The van der Waals surface area contributed by atoms with Gasteiger partial charge in [0.05, 0.1) is 18.3 Å². The molecule has 2 aromatic rings. The van der Waals surface area contributed by atoms with Gasteiger partial charge in [0.2, 0.25) is 0 Å². The Bertz CT molecular complexity index is 572. The molecule has 3 heterocycles. The summed E-state index contributed by atoms with van der Waals surface area (Å²) in [6.45, 7) is 3.73. The van der Waals surface area contributed by atoms with E-state index in [2.05, 4.69) is 30.9 Å². The Hall–Kier alpha value is -2.22. The first kappa shape index (κ1) is 12.8. The molecule has 1 aliphatic heterocycles. The zero-order valence-electron chi connectivity index (χ0n) is 11.2. The van der Waals surface area contributed by atoms with E-state index in [1.54, 1.807) is 23.3 Å². The predicted octanol–water partition coefficient (Wildman–Crippen LogP) is 0.0266. The zero-order chi connectivity index (χ0) is 13.9. The lowest BCUT2D eigenvalue weighted by molar-refractivity contribution is 0.0928. The highest BCUT2D eigenvalue weighted by molar-refractivity contribution is 5.92. The molecular weight excluding hydrogens is 258 g/mol. The Labute approximate surface area is 116 Å². The third-order valence-corrected chi connectivity index (χ3v) is 3.44. The lowest BCUT2D eigenvalue weighted by atomic mass is 10.2. The summed E-state index contributed by atoms with van der Waals surface area (Å²) < 4.78 is 1.74. The van der Waals surface area contributed by atoms with E-state index >= 15 is 0 Å². The maximum absolute atomic E-state index is 12.2. The first-order valence-corrected chi connectivity index (χ1v) is 6.70. The first-order valence-electron chi connectivity index (χ1n) is 6.70. The van der Waals surface area contributed by atoms with Gasteiger partial charge in [0.1, 0.15) is 5.82 Å². The van der Waals surface area contributed by atoms with E-state index in [0.29, 0.717) is 11.7 Å². The quantitative estimate of drug-likeness (QED) is 0.714. The van der Waals surface area contributed by atoms with Crippen LogP contribution >= 0.6 is 0 Å². The van der Waals surface area contributed by atoms with Crippen LogP contribution in [-0.2, 0) is 0 Å². The number of hydrogen-bond donors (Lipinski definition) is 3. The predicted molar refractivity (Wildman–Crippen MR) is 71.0 cm³/mol. The number of aromatic amines is 1. The number of amides is 1. The molecule has 1 aliphatic rings. The first-order chi connectivity index (χ1) is 9.78. The Balaban J connectivity index is 1.67. The summed E-state index contributed by atoms with van der Waals surface area (Å²) in [5, 5.41) is 14.0. The average molecular weight is 275 g/mol. The third kappa shape index (κ3) is 2.42. The molecule has 1 atom stereocenters. The molecule has 0 bridgehead atoms. The molecule has 0 aliphatic carbocycles. The van der Waals surface area contributed by atoms with Crippen LogP contribution in [0.3, 0.4) is 0 Å². The summed E-state index contributed by atoms with van der Waals surface area (Å²) in [6.07, 6.45) is 5.85. The second-order valence-electron chi connectivity index (χ2n) is 4.80. The van der Waals surface area contributed by atoms with E-state index in [0.717, 1.165) is 25.3 Å². The molecule has 3 N–H and O–H groups in total. The number of H-pyrrole nitrogens is 1. The highest BCUT2D eigenvalue weighted by atomic mass is 16.2. The van der Waals surface area contributed by atoms with Crippen molar-refractivity contribution in [3.63, 3.8) is 0 Å². The summed E-state index contributed by atoms with van der Waals surface area (Å²) >= 11 is 0. The highest BCUT2D eigenvalue weighted by Gasteiger charge is 2.23. The summed E-state index contributed by atoms with van der Waals surface area (Å²) in [6, 6.07) is 0.157. The van der Waals surface area contributed by atoms with Gasteiger partial charge in [-0.1, -0.05) is 12.1 Å². The Kier molecular flexibility index (Phi) is 3.46. The monoisotopic (exact) mass is 275 g/mol. The molecule has 1 fully saturated rings. The van der Waals surface area contributed by atoms with Crippen LogP contribution in [0.4, 0.5) is 0 Å². The van der Waals surface area contributed by atoms with Crippen molar-refractivity contribution in [2.75, 3.05) is 13.1 Å². The summed E-state index contributed by atoms with van der Waals surface area (Å²) in [5.41, 5.74) is 0.335. The van der Waals surface area contributed by atoms with Gasteiger partial charge in [0.15, 0.2) is 5.69 Å². The number of rotatable bonds is 5. The molecule has 1 unspecified atom stereocenters. The molecule has 8 nitrogen and oxygen atoms in total. The van der Waals surface area contributed by atoms with Gasteiger partial charge in [-0.15, -0.1) is 5.10 Å². The maximum Gasteiger partial charge on any atom is 0.274 e. The normalized spacial score (nSPS) is 16.6.